The zero-order chi connectivity index (χ0) is 17.1. The Labute approximate surface area is 140 Å². The summed E-state index contributed by atoms with van der Waals surface area (Å²) in [7, 11) is 0. The zero-order valence-corrected chi connectivity index (χ0v) is 14.0. The third-order valence-corrected chi connectivity index (χ3v) is 4.06. The molecule has 126 valence electrons. The van der Waals surface area contributed by atoms with E-state index in [9.17, 15) is 4.39 Å². The van der Waals surface area contributed by atoms with E-state index < -0.39 is 0 Å². The fourth-order valence-corrected chi connectivity index (χ4v) is 2.61. The van der Waals surface area contributed by atoms with Gasteiger partial charge in [-0.1, -0.05) is 12.1 Å². The minimum Gasteiger partial charge on any atom is -0.303 e. The monoisotopic (exact) mass is 328 g/mol. The van der Waals surface area contributed by atoms with Gasteiger partial charge in [0, 0.05) is 12.2 Å². The Kier molecular flexibility index (Phi) is 4.71. The van der Waals surface area contributed by atoms with Gasteiger partial charge in [-0.2, -0.15) is 5.10 Å². The van der Waals surface area contributed by atoms with Crippen LogP contribution in [0.4, 0.5) is 4.39 Å². The van der Waals surface area contributed by atoms with Gasteiger partial charge in [0.25, 0.3) is 0 Å². The molecule has 0 saturated carbocycles. The van der Waals surface area contributed by atoms with E-state index in [1.54, 1.807) is 16.8 Å². The fraction of sp³-hybridized carbons (Fsp3) is 0.353. The third-order valence-electron chi connectivity index (χ3n) is 4.06. The summed E-state index contributed by atoms with van der Waals surface area (Å²) in [5, 5.41) is 19.1. The molecular weight excluding hydrogens is 307 g/mol. The number of aromatic nitrogens is 5. The first-order valence-electron chi connectivity index (χ1n) is 8.03. The van der Waals surface area contributed by atoms with Crippen LogP contribution in [0.5, 0.6) is 0 Å². The minimum atomic E-state index is -0.266. The molecule has 6 nitrogen and oxygen atoms in total. The number of aryl methyl sites for hydroxylation is 1. The number of nitrogens with one attached hydrogen (secondary N) is 2. The second-order valence-corrected chi connectivity index (χ2v) is 5.79. The molecule has 2 N–H and O–H groups in total. The molecule has 24 heavy (non-hydrogen) atoms. The summed E-state index contributed by atoms with van der Waals surface area (Å²) in [5.74, 6) is -0.266. The van der Waals surface area contributed by atoms with Crippen molar-refractivity contribution in [2.24, 2.45) is 0 Å². The Morgan fingerprint density at radius 1 is 1.29 bits per heavy atom. The van der Waals surface area contributed by atoms with Crippen LogP contribution in [-0.2, 0) is 13.0 Å². The van der Waals surface area contributed by atoms with Gasteiger partial charge in [-0.15, -0.1) is 5.10 Å². The largest absolute Gasteiger partial charge is 0.303 e. The molecule has 1 atom stereocenters. The second-order valence-electron chi connectivity index (χ2n) is 5.79. The maximum atomic E-state index is 13.1. The van der Waals surface area contributed by atoms with E-state index in [4.69, 9.17) is 0 Å². The van der Waals surface area contributed by atoms with Gasteiger partial charge in [-0.05, 0) is 50.6 Å². The smallest absolute Gasteiger partial charge is 0.123 e. The van der Waals surface area contributed by atoms with Crippen molar-refractivity contribution in [3.8, 4) is 5.69 Å². The van der Waals surface area contributed by atoms with Crippen LogP contribution in [0, 0.1) is 12.7 Å². The number of benzene rings is 1. The third kappa shape index (κ3) is 3.35. The molecule has 2 aromatic heterocycles. The summed E-state index contributed by atoms with van der Waals surface area (Å²) in [6.45, 7) is 6.76. The Morgan fingerprint density at radius 2 is 2.04 bits per heavy atom. The van der Waals surface area contributed by atoms with Gasteiger partial charge in [-0.3, -0.25) is 5.10 Å². The quantitative estimate of drug-likeness (QED) is 0.730. The number of nitrogens with zero attached hydrogens (tertiary/aromatic N) is 4. The highest BCUT2D eigenvalue weighted by atomic mass is 19.1. The Bertz CT molecular complexity index is 805. The Hall–Kier alpha value is -2.54. The van der Waals surface area contributed by atoms with Crippen molar-refractivity contribution in [3.63, 3.8) is 0 Å². The molecule has 0 fully saturated rings. The van der Waals surface area contributed by atoms with Gasteiger partial charge in [0.1, 0.15) is 11.5 Å². The molecule has 3 rings (SSSR count). The predicted octanol–water partition coefficient (Wildman–Crippen LogP) is 2.85. The topological polar surface area (TPSA) is 71.4 Å². The van der Waals surface area contributed by atoms with E-state index in [0.717, 1.165) is 34.9 Å². The summed E-state index contributed by atoms with van der Waals surface area (Å²) in [5.41, 5.74) is 4.69. The SMILES string of the molecule is CCc1cc(CNC(C)c2nnn(-c3ccc(F)cc3)c2C)[nH]n1. The minimum absolute atomic E-state index is 0.0348. The average molecular weight is 328 g/mol. The Balaban J connectivity index is 1.71. The molecule has 7 heteroatoms. The first-order valence-corrected chi connectivity index (χ1v) is 8.03. The summed E-state index contributed by atoms with van der Waals surface area (Å²) >= 11 is 0. The van der Waals surface area contributed by atoms with Crippen LogP contribution < -0.4 is 5.32 Å². The lowest BCUT2D eigenvalue weighted by molar-refractivity contribution is 0.551. The summed E-state index contributed by atoms with van der Waals surface area (Å²) in [4.78, 5) is 0. The van der Waals surface area contributed by atoms with E-state index in [1.165, 1.54) is 12.1 Å². The van der Waals surface area contributed by atoms with Crippen LogP contribution in [-0.4, -0.2) is 25.2 Å². The summed E-state index contributed by atoms with van der Waals surface area (Å²) in [6.07, 6.45) is 0.914. The molecule has 3 aromatic rings. The van der Waals surface area contributed by atoms with Crippen molar-refractivity contribution in [2.45, 2.75) is 39.8 Å². The first-order chi connectivity index (χ1) is 11.6. The highest BCUT2D eigenvalue weighted by molar-refractivity contribution is 5.33. The van der Waals surface area contributed by atoms with Crippen LogP contribution in [0.25, 0.3) is 5.69 Å². The van der Waals surface area contributed by atoms with Gasteiger partial charge in [0.15, 0.2) is 0 Å². The molecule has 0 amide bonds. The van der Waals surface area contributed by atoms with Gasteiger partial charge in [-0.25, -0.2) is 9.07 Å². The number of hydrogen-bond donors (Lipinski definition) is 2. The van der Waals surface area contributed by atoms with E-state index >= 15 is 0 Å². The van der Waals surface area contributed by atoms with Crippen molar-refractivity contribution in [1.29, 1.82) is 0 Å². The zero-order valence-electron chi connectivity index (χ0n) is 14.0. The molecule has 0 aliphatic heterocycles. The molecule has 0 spiro atoms. The van der Waals surface area contributed by atoms with Crippen molar-refractivity contribution >= 4 is 0 Å². The molecule has 0 bridgehead atoms. The second kappa shape index (κ2) is 6.92. The normalized spacial score (nSPS) is 12.5. The van der Waals surface area contributed by atoms with E-state index in [0.29, 0.717) is 6.54 Å². The maximum absolute atomic E-state index is 13.1. The van der Waals surface area contributed by atoms with Crippen molar-refractivity contribution in [2.75, 3.05) is 0 Å². The van der Waals surface area contributed by atoms with Crippen LogP contribution >= 0.6 is 0 Å². The first kappa shape index (κ1) is 16.3. The van der Waals surface area contributed by atoms with E-state index in [2.05, 4.69) is 38.8 Å². The molecule has 0 saturated heterocycles. The molecule has 1 unspecified atom stereocenters. The number of halogens is 1. The lowest BCUT2D eigenvalue weighted by atomic mass is 10.2. The van der Waals surface area contributed by atoms with Gasteiger partial charge < -0.3 is 5.32 Å². The van der Waals surface area contributed by atoms with E-state index in [1.807, 2.05) is 13.8 Å². The van der Waals surface area contributed by atoms with Crippen LogP contribution in [0.2, 0.25) is 0 Å². The Morgan fingerprint density at radius 3 is 2.71 bits per heavy atom. The number of rotatable bonds is 6. The van der Waals surface area contributed by atoms with E-state index in [-0.39, 0.29) is 11.9 Å². The van der Waals surface area contributed by atoms with Crippen molar-refractivity contribution in [3.05, 3.63) is 58.9 Å². The highest BCUT2D eigenvalue weighted by Crippen LogP contribution is 2.18. The maximum Gasteiger partial charge on any atom is 0.123 e. The van der Waals surface area contributed by atoms with Gasteiger partial charge in [0.2, 0.25) is 0 Å². The molecule has 0 aliphatic rings. The van der Waals surface area contributed by atoms with Crippen LogP contribution in [0.15, 0.2) is 30.3 Å². The van der Waals surface area contributed by atoms with Crippen LogP contribution in [0.3, 0.4) is 0 Å². The molecular formula is C17H21FN6. The van der Waals surface area contributed by atoms with Crippen LogP contribution in [0.1, 0.15) is 42.7 Å². The molecule has 0 radical (unpaired) electrons. The summed E-state index contributed by atoms with van der Waals surface area (Å²) < 4.78 is 14.8. The highest BCUT2D eigenvalue weighted by Gasteiger charge is 2.16. The fourth-order valence-electron chi connectivity index (χ4n) is 2.61. The predicted molar refractivity (Wildman–Crippen MR) is 89.3 cm³/mol. The number of H-pyrrole nitrogens is 1. The lowest BCUT2D eigenvalue weighted by Crippen LogP contribution is -2.19. The van der Waals surface area contributed by atoms with Gasteiger partial charge in [0.05, 0.1) is 23.1 Å². The lowest BCUT2D eigenvalue weighted by Gasteiger charge is -2.11. The van der Waals surface area contributed by atoms with Gasteiger partial charge >= 0.3 is 0 Å². The number of hydrogen-bond acceptors (Lipinski definition) is 4. The molecule has 1 aromatic carbocycles. The standard InChI is InChI=1S/C17H21FN6/c1-4-14-9-15(21-20-14)10-19-11(2)17-12(3)24(23-22-17)16-7-5-13(18)6-8-16/h5-9,11,19H,4,10H2,1-3H3,(H,20,21). The molecule has 2 heterocycles. The average Bonchev–Trinajstić information content (AvgIpc) is 3.20. The molecule has 0 aliphatic carbocycles. The van der Waals surface area contributed by atoms with Crippen molar-refractivity contribution in [1.82, 2.24) is 30.5 Å². The summed E-state index contributed by atoms with van der Waals surface area (Å²) in [6, 6.07) is 8.31. The number of aromatic amines is 1. The van der Waals surface area contributed by atoms with Crippen molar-refractivity contribution < 1.29 is 4.39 Å².